The Morgan fingerprint density at radius 1 is 0.814 bits per heavy atom. The number of carboxylic acid groups (broad SMARTS) is 1. The molecule has 0 saturated carbocycles. The van der Waals surface area contributed by atoms with Gasteiger partial charge in [-0.2, -0.15) is 5.06 Å². The zero-order chi connectivity index (χ0) is 31.3. The van der Waals surface area contributed by atoms with Crippen molar-refractivity contribution in [3.8, 4) is 22.3 Å². The minimum atomic E-state index is -1.25. The van der Waals surface area contributed by atoms with Crippen LogP contribution in [0.3, 0.4) is 0 Å². The van der Waals surface area contributed by atoms with Crippen LogP contribution < -0.4 is 5.06 Å². The fraction of sp³-hybridized carbons (Fsp3) is 0.273. The van der Waals surface area contributed by atoms with Crippen LogP contribution in [-0.2, 0) is 11.2 Å². The molecule has 4 rings (SSSR count). The van der Waals surface area contributed by atoms with Crippen molar-refractivity contribution in [1.29, 1.82) is 0 Å². The Bertz CT molecular complexity index is 1550. The maximum atomic E-state index is 14.2. The van der Waals surface area contributed by atoms with E-state index in [-0.39, 0.29) is 36.7 Å². The highest BCUT2D eigenvalue weighted by atomic mass is 19.1. The number of aliphatic hydroxyl groups excluding tert-OH is 2. The maximum absolute atomic E-state index is 14.2. The van der Waals surface area contributed by atoms with Crippen molar-refractivity contribution in [2.24, 2.45) is 0 Å². The lowest BCUT2D eigenvalue weighted by Gasteiger charge is -2.22. The third kappa shape index (κ3) is 7.34. The van der Waals surface area contributed by atoms with Gasteiger partial charge in [-0.1, -0.05) is 42.5 Å². The summed E-state index contributed by atoms with van der Waals surface area (Å²) in [7, 11) is 0. The molecule has 0 fully saturated rings. The molecule has 0 aliphatic heterocycles. The van der Waals surface area contributed by atoms with Crippen LogP contribution in [0.25, 0.3) is 22.3 Å². The number of aliphatic carboxylic acids is 1. The predicted molar refractivity (Wildman–Crippen MR) is 158 cm³/mol. The van der Waals surface area contributed by atoms with Crippen LogP contribution in [0.4, 0.5) is 14.5 Å². The first kappa shape index (κ1) is 31.6. The second-order valence-corrected chi connectivity index (χ2v) is 10.7. The number of hydrogen-bond acceptors (Lipinski definition) is 5. The summed E-state index contributed by atoms with van der Waals surface area (Å²) in [6.07, 6.45) is -2.74. The fourth-order valence-electron chi connectivity index (χ4n) is 5.30. The van der Waals surface area contributed by atoms with E-state index in [1.54, 1.807) is 47.0 Å². The third-order valence-electron chi connectivity index (χ3n) is 7.15. The highest BCUT2D eigenvalue weighted by Crippen LogP contribution is 2.43. The third-order valence-corrected chi connectivity index (χ3v) is 7.15. The summed E-state index contributed by atoms with van der Waals surface area (Å²) in [5.41, 5.74) is 2.85. The molecule has 1 heterocycles. The highest BCUT2D eigenvalue weighted by Gasteiger charge is 2.33. The Morgan fingerprint density at radius 2 is 1.35 bits per heavy atom. The predicted octanol–water partition coefficient (Wildman–Crippen LogP) is 6.24. The largest absolute Gasteiger partial charge is 0.481 e. The number of carbonyl (C=O) groups excluding carboxylic acids is 1. The zero-order valence-corrected chi connectivity index (χ0v) is 23.8. The Morgan fingerprint density at radius 3 is 1.86 bits per heavy atom. The van der Waals surface area contributed by atoms with E-state index >= 15 is 0 Å². The first-order valence-corrected chi connectivity index (χ1v) is 13.9. The second-order valence-electron chi connectivity index (χ2n) is 10.7. The number of hydroxylamine groups is 1. The first-order valence-electron chi connectivity index (χ1n) is 13.9. The molecule has 0 aliphatic rings. The number of carboxylic acids is 1. The van der Waals surface area contributed by atoms with E-state index in [1.165, 1.54) is 36.4 Å². The normalized spacial score (nSPS) is 12.7. The molecule has 4 aromatic rings. The van der Waals surface area contributed by atoms with Gasteiger partial charge < -0.3 is 19.9 Å². The summed E-state index contributed by atoms with van der Waals surface area (Å²) < 4.78 is 29.8. The number of nitrogens with zero attached hydrogens (tertiary/aromatic N) is 2. The minimum Gasteiger partial charge on any atom is -0.481 e. The Kier molecular flexibility index (Phi) is 10.1. The lowest BCUT2D eigenvalue weighted by Crippen LogP contribution is -2.30. The Balaban J connectivity index is 1.95. The van der Waals surface area contributed by atoms with Gasteiger partial charge in [0.1, 0.15) is 17.3 Å². The molecule has 3 aromatic carbocycles. The molecule has 1 amide bonds. The van der Waals surface area contributed by atoms with Crippen LogP contribution in [0.5, 0.6) is 0 Å². The van der Waals surface area contributed by atoms with Gasteiger partial charge in [-0.3, -0.25) is 14.8 Å². The van der Waals surface area contributed by atoms with E-state index in [4.69, 9.17) is 5.11 Å². The number of aromatic nitrogens is 1. The van der Waals surface area contributed by atoms with E-state index in [9.17, 15) is 33.8 Å². The number of anilines is 1. The number of hydrogen-bond donors (Lipinski definition) is 4. The molecule has 43 heavy (non-hydrogen) atoms. The standard InChI is InChI=1S/C33H34F2N2O6/c1-20(2)36-28(17-16-26(38)18-27(39)19-29(40)41)30(21-8-12-23(34)13-9-21)31(22-10-14-24(35)15-11-22)32(36)33(42)37(43)25-6-4-3-5-7-25/h3-15,20,26-27,38-39,43H,16-19H2,1-2H3,(H,40,41)/t26-,27-/m1/s1. The number of rotatable bonds is 12. The van der Waals surface area contributed by atoms with Crippen LogP contribution in [0.1, 0.15) is 55.3 Å². The molecule has 0 bridgehead atoms. The van der Waals surface area contributed by atoms with E-state index in [1.807, 2.05) is 13.8 Å². The van der Waals surface area contributed by atoms with Crippen LogP contribution >= 0.6 is 0 Å². The Labute approximate surface area is 248 Å². The molecular weight excluding hydrogens is 558 g/mol. The van der Waals surface area contributed by atoms with Crippen LogP contribution in [0, 0.1) is 11.6 Å². The first-order chi connectivity index (χ1) is 20.5. The van der Waals surface area contributed by atoms with Crippen molar-refractivity contribution in [2.45, 2.75) is 57.8 Å². The van der Waals surface area contributed by atoms with Crippen LogP contribution in [-0.4, -0.2) is 49.2 Å². The van der Waals surface area contributed by atoms with Gasteiger partial charge in [0.15, 0.2) is 0 Å². The van der Waals surface area contributed by atoms with Crippen molar-refractivity contribution in [3.05, 3.63) is 102 Å². The molecule has 0 unspecified atom stereocenters. The molecule has 2 atom stereocenters. The lowest BCUT2D eigenvalue weighted by atomic mass is 9.92. The number of carbonyl (C=O) groups is 2. The van der Waals surface area contributed by atoms with Gasteiger partial charge in [0, 0.05) is 22.9 Å². The van der Waals surface area contributed by atoms with E-state index in [0.29, 0.717) is 33.0 Å². The second kappa shape index (κ2) is 13.7. The monoisotopic (exact) mass is 592 g/mol. The summed E-state index contributed by atoms with van der Waals surface area (Å²) in [5, 5.41) is 41.4. The summed E-state index contributed by atoms with van der Waals surface area (Å²) in [6, 6.07) is 19.1. The van der Waals surface area contributed by atoms with Crippen molar-refractivity contribution in [2.75, 3.05) is 5.06 Å². The van der Waals surface area contributed by atoms with Gasteiger partial charge in [-0.05, 0) is 80.6 Å². The lowest BCUT2D eigenvalue weighted by molar-refractivity contribution is -0.139. The van der Waals surface area contributed by atoms with Gasteiger partial charge >= 0.3 is 5.97 Å². The van der Waals surface area contributed by atoms with Crippen molar-refractivity contribution < 1.29 is 38.9 Å². The SMILES string of the molecule is CC(C)n1c(CC[C@@H](O)C[C@@H](O)CC(=O)O)c(-c2ccc(F)cc2)c(-c2ccc(F)cc2)c1C(=O)N(O)c1ccccc1. The number of aliphatic hydroxyl groups is 2. The van der Waals surface area contributed by atoms with E-state index in [0.717, 1.165) is 0 Å². The van der Waals surface area contributed by atoms with Gasteiger partial charge in [-0.25, -0.2) is 8.78 Å². The fourth-order valence-corrected chi connectivity index (χ4v) is 5.30. The molecule has 1 aromatic heterocycles. The van der Waals surface area contributed by atoms with Crippen LogP contribution in [0.15, 0.2) is 78.9 Å². The molecule has 8 nitrogen and oxygen atoms in total. The quantitative estimate of drug-likeness (QED) is 0.114. The molecular formula is C33H34F2N2O6. The Hall–Kier alpha value is -4.38. The molecule has 0 spiro atoms. The number of amides is 1. The van der Waals surface area contributed by atoms with Gasteiger partial charge in [0.2, 0.25) is 0 Å². The average molecular weight is 593 g/mol. The molecule has 10 heteroatoms. The maximum Gasteiger partial charge on any atom is 0.305 e. The molecule has 226 valence electrons. The molecule has 4 N–H and O–H groups in total. The zero-order valence-electron chi connectivity index (χ0n) is 23.8. The molecule has 0 saturated heterocycles. The van der Waals surface area contributed by atoms with Crippen molar-refractivity contribution >= 4 is 17.6 Å². The average Bonchev–Trinajstić information content (AvgIpc) is 3.31. The topological polar surface area (TPSA) is 123 Å². The summed E-state index contributed by atoms with van der Waals surface area (Å²) in [5.74, 6) is -2.90. The van der Waals surface area contributed by atoms with Gasteiger partial charge in [0.25, 0.3) is 5.91 Å². The molecule has 0 aliphatic carbocycles. The highest BCUT2D eigenvalue weighted by molar-refractivity contribution is 6.11. The summed E-state index contributed by atoms with van der Waals surface area (Å²) in [4.78, 5) is 25.1. The minimum absolute atomic E-state index is 0.0968. The number of para-hydroxylation sites is 1. The van der Waals surface area contributed by atoms with Crippen LogP contribution in [0.2, 0.25) is 0 Å². The molecule has 0 radical (unpaired) electrons. The summed E-state index contributed by atoms with van der Waals surface area (Å²) >= 11 is 0. The van der Waals surface area contributed by atoms with Crippen molar-refractivity contribution in [1.82, 2.24) is 4.57 Å². The van der Waals surface area contributed by atoms with Crippen molar-refractivity contribution in [3.63, 3.8) is 0 Å². The summed E-state index contributed by atoms with van der Waals surface area (Å²) in [6.45, 7) is 3.70. The number of benzene rings is 3. The van der Waals surface area contributed by atoms with Gasteiger partial charge in [0.05, 0.1) is 24.3 Å². The number of halogens is 2. The van der Waals surface area contributed by atoms with Gasteiger partial charge in [-0.15, -0.1) is 0 Å². The smallest absolute Gasteiger partial charge is 0.305 e. The van der Waals surface area contributed by atoms with E-state index in [2.05, 4.69) is 0 Å². The van der Waals surface area contributed by atoms with E-state index < -0.39 is 42.1 Å².